The van der Waals surface area contributed by atoms with Crippen LogP contribution >= 0.6 is 0 Å². The summed E-state index contributed by atoms with van der Waals surface area (Å²) in [5, 5.41) is 16.9. The number of aliphatic hydroxyl groups is 1. The summed E-state index contributed by atoms with van der Waals surface area (Å²) in [5.41, 5.74) is 2.10. The van der Waals surface area contributed by atoms with Crippen molar-refractivity contribution in [3.05, 3.63) is 42.3 Å². The number of para-hydroxylation sites is 1. The lowest BCUT2D eigenvalue weighted by Gasteiger charge is -2.35. The zero-order chi connectivity index (χ0) is 23.8. The van der Waals surface area contributed by atoms with Gasteiger partial charge in [-0.05, 0) is 50.7 Å². The molecule has 186 valence electrons. The predicted octanol–water partition coefficient (Wildman–Crippen LogP) is 4.89. The molecular formula is C26H32FN5O3. The van der Waals surface area contributed by atoms with E-state index >= 15 is 0 Å². The van der Waals surface area contributed by atoms with Crippen LogP contribution in [0.4, 0.5) is 21.8 Å². The third kappa shape index (κ3) is 4.60. The highest BCUT2D eigenvalue weighted by Gasteiger charge is 2.40. The highest BCUT2D eigenvalue weighted by Crippen LogP contribution is 2.38. The van der Waals surface area contributed by atoms with Crippen molar-refractivity contribution in [1.29, 1.82) is 0 Å². The van der Waals surface area contributed by atoms with Crippen LogP contribution in [0.1, 0.15) is 57.4 Å². The van der Waals surface area contributed by atoms with Gasteiger partial charge >= 0.3 is 0 Å². The highest BCUT2D eigenvalue weighted by molar-refractivity contribution is 5.81. The molecule has 3 aliphatic rings. The van der Waals surface area contributed by atoms with Crippen LogP contribution in [0.15, 0.2) is 36.5 Å². The van der Waals surface area contributed by atoms with Crippen LogP contribution in [0.2, 0.25) is 0 Å². The van der Waals surface area contributed by atoms with Crippen LogP contribution in [0.25, 0.3) is 11.0 Å². The van der Waals surface area contributed by atoms with Crippen molar-refractivity contribution in [2.75, 3.05) is 23.8 Å². The van der Waals surface area contributed by atoms with Crippen LogP contribution in [0.5, 0.6) is 0 Å². The second-order valence-electron chi connectivity index (χ2n) is 9.96. The molecule has 1 saturated heterocycles. The van der Waals surface area contributed by atoms with Crippen LogP contribution < -0.4 is 10.6 Å². The number of imidazole rings is 1. The van der Waals surface area contributed by atoms with Crippen molar-refractivity contribution in [2.45, 2.75) is 75.3 Å². The van der Waals surface area contributed by atoms with Crippen LogP contribution in [-0.2, 0) is 9.47 Å². The minimum absolute atomic E-state index is 0.166. The van der Waals surface area contributed by atoms with E-state index in [2.05, 4.69) is 20.2 Å². The van der Waals surface area contributed by atoms with Crippen molar-refractivity contribution in [1.82, 2.24) is 14.5 Å². The third-order valence-electron chi connectivity index (χ3n) is 7.64. The number of hydrogen-bond acceptors (Lipinski definition) is 7. The fraction of sp³-hybridized carbons (Fsp3) is 0.538. The van der Waals surface area contributed by atoms with E-state index in [-0.39, 0.29) is 23.8 Å². The lowest BCUT2D eigenvalue weighted by Crippen LogP contribution is -2.39. The normalized spacial score (nSPS) is 24.7. The fourth-order valence-electron chi connectivity index (χ4n) is 5.73. The molecule has 0 atom stereocenters. The Balaban J connectivity index is 1.28. The summed E-state index contributed by atoms with van der Waals surface area (Å²) < 4.78 is 28.3. The minimum atomic E-state index is -0.382. The first kappa shape index (κ1) is 22.7. The Morgan fingerprint density at radius 3 is 2.51 bits per heavy atom. The average Bonchev–Trinajstić information content (AvgIpc) is 3.47. The Bertz CT molecular complexity index is 1180. The van der Waals surface area contributed by atoms with E-state index in [0.29, 0.717) is 30.9 Å². The van der Waals surface area contributed by atoms with Gasteiger partial charge in [-0.2, -0.15) is 0 Å². The Morgan fingerprint density at radius 2 is 1.77 bits per heavy atom. The van der Waals surface area contributed by atoms with E-state index in [1.165, 1.54) is 6.07 Å². The molecule has 0 unspecified atom stereocenters. The average molecular weight is 482 g/mol. The second kappa shape index (κ2) is 9.37. The molecule has 3 N–H and O–H groups in total. The highest BCUT2D eigenvalue weighted by atomic mass is 19.1. The van der Waals surface area contributed by atoms with Gasteiger partial charge in [0.2, 0.25) is 5.95 Å². The number of rotatable bonds is 5. The molecule has 8 nitrogen and oxygen atoms in total. The van der Waals surface area contributed by atoms with E-state index < -0.39 is 0 Å². The Kier molecular flexibility index (Phi) is 6.07. The largest absolute Gasteiger partial charge is 0.393 e. The molecule has 3 heterocycles. The zero-order valence-corrected chi connectivity index (χ0v) is 19.8. The van der Waals surface area contributed by atoms with E-state index in [9.17, 15) is 9.50 Å². The molecule has 1 aliphatic heterocycles. The molecule has 3 fully saturated rings. The summed E-state index contributed by atoms with van der Waals surface area (Å²) in [4.78, 5) is 9.41. The number of anilines is 3. The van der Waals surface area contributed by atoms with Crippen molar-refractivity contribution >= 4 is 28.5 Å². The maximum atomic E-state index is 14.4. The molecule has 0 radical (unpaired) electrons. The maximum absolute atomic E-state index is 14.4. The topological polar surface area (TPSA) is 93.5 Å². The molecule has 0 bridgehead atoms. The van der Waals surface area contributed by atoms with Gasteiger partial charge in [0.05, 0.1) is 36.7 Å². The zero-order valence-electron chi connectivity index (χ0n) is 19.8. The first-order chi connectivity index (χ1) is 17.1. The molecule has 35 heavy (non-hydrogen) atoms. The standard InChI is InChI=1S/C26H32FN5O3/c27-20-3-1-2-4-21(20)30-25-31-22-16-28-24(15-23(22)32(25)18-5-7-19(33)8-6-18)29-17-9-11-26(12-10-17)34-13-14-35-26/h1-4,15-19,33H,5-14H2,(H,28,29)(H,30,31). The van der Waals surface area contributed by atoms with Gasteiger partial charge in [0, 0.05) is 31.0 Å². The van der Waals surface area contributed by atoms with Crippen LogP contribution in [0.3, 0.4) is 0 Å². The number of halogens is 1. The fourth-order valence-corrected chi connectivity index (χ4v) is 5.73. The van der Waals surface area contributed by atoms with Gasteiger partial charge < -0.3 is 29.8 Å². The molecule has 1 aromatic carbocycles. The Labute approximate surface area is 203 Å². The number of benzene rings is 1. The summed E-state index contributed by atoms with van der Waals surface area (Å²) >= 11 is 0. The second-order valence-corrected chi connectivity index (χ2v) is 9.96. The van der Waals surface area contributed by atoms with Crippen molar-refractivity contribution in [3.63, 3.8) is 0 Å². The summed E-state index contributed by atoms with van der Waals surface area (Å²) in [6.07, 6.45) is 8.37. The Hall–Kier alpha value is -2.75. The molecule has 9 heteroatoms. The van der Waals surface area contributed by atoms with Gasteiger partial charge in [-0.1, -0.05) is 12.1 Å². The molecule has 3 aromatic rings. The number of hydrogen-bond donors (Lipinski definition) is 3. The van der Waals surface area contributed by atoms with Crippen LogP contribution in [-0.4, -0.2) is 50.8 Å². The van der Waals surface area contributed by atoms with Crippen molar-refractivity contribution in [2.24, 2.45) is 0 Å². The quantitative estimate of drug-likeness (QED) is 0.478. The van der Waals surface area contributed by atoms with Gasteiger partial charge in [0.25, 0.3) is 0 Å². The number of aromatic nitrogens is 3. The molecule has 2 aromatic heterocycles. The van der Waals surface area contributed by atoms with Gasteiger partial charge in [-0.3, -0.25) is 0 Å². The van der Waals surface area contributed by atoms with Gasteiger partial charge in [-0.15, -0.1) is 0 Å². The molecule has 2 aliphatic carbocycles. The number of pyridine rings is 1. The smallest absolute Gasteiger partial charge is 0.208 e. The van der Waals surface area contributed by atoms with Gasteiger partial charge in [-0.25, -0.2) is 14.4 Å². The molecular weight excluding hydrogens is 449 g/mol. The predicted molar refractivity (Wildman–Crippen MR) is 131 cm³/mol. The van der Waals surface area contributed by atoms with E-state index in [4.69, 9.17) is 14.5 Å². The lowest BCUT2D eigenvalue weighted by molar-refractivity contribution is -0.177. The SMILES string of the molecule is OC1CCC(n2c(Nc3ccccc3F)nc3cnc(NC4CCC5(CC4)OCCO5)cc32)CC1. The number of nitrogens with zero attached hydrogens (tertiary/aromatic N) is 3. The number of aliphatic hydroxyl groups excluding tert-OH is 1. The molecule has 2 saturated carbocycles. The number of ether oxygens (including phenoxy) is 2. The summed E-state index contributed by atoms with van der Waals surface area (Å²) in [5.74, 6) is 0.699. The van der Waals surface area contributed by atoms with Crippen LogP contribution in [0, 0.1) is 5.82 Å². The minimum Gasteiger partial charge on any atom is -0.393 e. The van der Waals surface area contributed by atoms with E-state index in [1.807, 2.05) is 6.07 Å². The maximum Gasteiger partial charge on any atom is 0.208 e. The van der Waals surface area contributed by atoms with Gasteiger partial charge in [0.15, 0.2) is 5.79 Å². The Morgan fingerprint density at radius 1 is 1.03 bits per heavy atom. The summed E-state index contributed by atoms with van der Waals surface area (Å²) in [7, 11) is 0. The molecule has 1 spiro atoms. The van der Waals surface area contributed by atoms with Gasteiger partial charge in [0.1, 0.15) is 17.2 Å². The number of nitrogens with one attached hydrogen (secondary N) is 2. The summed E-state index contributed by atoms with van der Waals surface area (Å²) in [6, 6.07) is 9.14. The lowest BCUT2D eigenvalue weighted by atomic mass is 9.90. The number of fused-ring (bicyclic) bond motifs is 1. The monoisotopic (exact) mass is 481 g/mol. The first-order valence-corrected chi connectivity index (χ1v) is 12.7. The first-order valence-electron chi connectivity index (χ1n) is 12.7. The molecule has 0 amide bonds. The van der Waals surface area contributed by atoms with Crippen molar-refractivity contribution in [3.8, 4) is 0 Å². The third-order valence-corrected chi connectivity index (χ3v) is 7.64. The van der Waals surface area contributed by atoms with Crippen molar-refractivity contribution < 1.29 is 19.0 Å². The summed E-state index contributed by atoms with van der Waals surface area (Å²) in [6.45, 7) is 1.36. The van der Waals surface area contributed by atoms with E-state index in [1.54, 1.807) is 24.4 Å². The molecule has 6 rings (SSSR count). The van der Waals surface area contributed by atoms with E-state index in [0.717, 1.165) is 68.2 Å².